The fraction of sp³-hybridized carbons (Fsp3) is 0.593. The molecule has 36 heavy (non-hydrogen) atoms. The van der Waals surface area contributed by atoms with E-state index in [9.17, 15) is 13.2 Å². The molecule has 9 heteroatoms. The van der Waals surface area contributed by atoms with Crippen LogP contribution in [0.15, 0.2) is 24.4 Å². The van der Waals surface area contributed by atoms with Gasteiger partial charge in [-0.2, -0.15) is 0 Å². The van der Waals surface area contributed by atoms with Gasteiger partial charge >= 0.3 is 0 Å². The number of amides is 1. The van der Waals surface area contributed by atoms with Crippen molar-refractivity contribution in [2.45, 2.75) is 89.1 Å². The SMILES string of the molecule is CNc1cnc(C(=O)Nc2ccc(C3CC(C)(C)S(=O)(=O)C(C)(C)C3)nc2C2=CCC(C)(C)CC2)[nH]1. The van der Waals surface area contributed by atoms with Crippen LogP contribution in [-0.2, 0) is 9.84 Å². The van der Waals surface area contributed by atoms with Gasteiger partial charge in [-0.1, -0.05) is 19.9 Å². The van der Waals surface area contributed by atoms with Gasteiger partial charge in [0.25, 0.3) is 5.91 Å². The van der Waals surface area contributed by atoms with Gasteiger partial charge in [0.05, 0.1) is 27.1 Å². The Kier molecular flexibility index (Phi) is 6.60. The van der Waals surface area contributed by atoms with Crippen molar-refractivity contribution in [3.05, 3.63) is 41.6 Å². The molecule has 0 atom stereocenters. The Balaban J connectivity index is 1.72. The summed E-state index contributed by atoms with van der Waals surface area (Å²) in [5.74, 6) is 0.540. The Morgan fingerprint density at radius 1 is 1.08 bits per heavy atom. The van der Waals surface area contributed by atoms with Crippen molar-refractivity contribution in [1.82, 2.24) is 15.0 Å². The smallest absolute Gasteiger partial charge is 0.291 e. The topological polar surface area (TPSA) is 117 Å². The lowest BCUT2D eigenvalue weighted by atomic mass is 9.77. The maximum atomic E-state index is 13.2. The van der Waals surface area contributed by atoms with E-state index in [4.69, 9.17) is 4.98 Å². The zero-order valence-corrected chi connectivity index (χ0v) is 23.3. The summed E-state index contributed by atoms with van der Waals surface area (Å²) in [6.45, 7) is 11.8. The highest BCUT2D eigenvalue weighted by molar-refractivity contribution is 7.94. The molecule has 1 aliphatic carbocycles. The number of carbonyl (C=O) groups is 1. The number of nitrogens with zero attached hydrogens (tertiary/aromatic N) is 2. The largest absolute Gasteiger partial charge is 0.373 e. The fourth-order valence-electron chi connectivity index (χ4n) is 5.52. The second kappa shape index (κ2) is 9.01. The second-order valence-corrected chi connectivity index (χ2v) is 15.4. The van der Waals surface area contributed by atoms with E-state index >= 15 is 0 Å². The highest BCUT2D eigenvalue weighted by Crippen LogP contribution is 2.48. The lowest BCUT2D eigenvalue weighted by Crippen LogP contribution is -2.51. The normalized spacial score (nSPS) is 22.5. The van der Waals surface area contributed by atoms with Crippen LogP contribution < -0.4 is 10.6 Å². The van der Waals surface area contributed by atoms with E-state index in [0.717, 1.165) is 36.2 Å². The van der Waals surface area contributed by atoms with Gasteiger partial charge in [0.2, 0.25) is 0 Å². The molecule has 0 spiro atoms. The molecular formula is C27H39N5O3S. The number of pyridine rings is 1. The third-order valence-electron chi connectivity index (χ3n) is 7.85. The average Bonchev–Trinajstić information content (AvgIpc) is 3.27. The van der Waals surface area contributed by atoms with Crippen molar-refractivity contribution >= 4 is 32.8 Å². The molecule has 0 unspecified atom stereocenters. The number of imidazole rings is 1. The number of hydrogen-bond donors (Lipinski definition) is 3. The van der Waals surface area contributed by atoms with Crippen LogP contribution in [0.25, 0.3) is 5.57 Å². The molecule has 0 bridgehead atoms. The highest BCUT2D eigenvalue weighted by atomic mass is 32.2. The van der Waals surface area contributed by atoms with Gasteiger partial charge < -0.3 is 15.6 Å². The van der Waals surface area contributed by atoms with E-state index in [1.54, 1.807) is 13.2 Å². The number of rotatable bonds is 5. The van der Waals surface area contributed by atoms with Crippen LogP contribution in [0.2, 0.25) is 0 Å². The molecular weight excluding hydrogens is 474 g/mol. The van der Waals surface area contributed by atoms with Crippen molar-refractivity contribution in [2.75, 3.05) is 17.7 Å². The number of aromatic amines is 1. The molecule has 4 rings (SSSR count). The lowest BCUT2D eigenvalue weighted by Gasteiger charge is -2.44. The molecule has 8 nitrogen and oxygen atoms in total. The number of sulfone groups is 1. The highest BCUT2D eigenvalue weighted by Gasteiger charge is 2.52. The molecule has 3 heterocycles. The number of anilines is 2. The van der Waals surface area contributed by atoms with Crippen LogP contribution in [0.1, 0.15) is 102 Å². The van der Waals surface area contributed by atoms with Crippen molar-refractivity contribution in [1.29, 1.82) is 0 Å². The maximum absolute atomic E-state index is 13.2. The molecule has 2 aliphatic rings. The summed E-state index contributed by atoms with van der Waals surface area (Å²) in [6.07, 6.45) is 7.67. The van der Waals surface area contributed by atoms with Gasteiger partial charge in [-0.3, -0.25) is 9.78 Å². The second-order valence-electron chi connectivity index (χ2n) is 12.2. The zero-order valence-electron chi connectivity index (χ0n) is 22.4. The zero-order chi connectivity index (χ0) is 26.5. The molecule has 0 saturated carbocycles. The van der Waals surface area contributed by atoms with Crippen LogP contribution >= 0.6 is 0 Å². The minimum atomic E-state index is -3.29. The molecule has 3 N–H and O–H groups in total. The van der Waals surface area contributed by atoms with Crippen molar-refractivity contribution in [3.8, 4) is 0 Å². The van der Waals surface area contributed by atoms with Gasteiger partial charge in [-0.25, -0.2) is 13.4 Å². The fourth-order valence-corrected chi connectivity index (χ4v) is 7.86. The lowest BCUT2D eigenvalue weighted by molar-refractivity contribution is 0.101. The summed E-state index contributed by atoms with van der Waals surface area (Å²) in [5, 5.41) is 5.94. The first-order valence-corrected chi connectivity index (χ1v) is 14.1. The first-order chi connectivity index (χ1) is 16.7. The first kappa shape index (κ1) is 26.4. The Morgan fingerprint density at radius 3 is 2.31 bits per heavy atom. The number of allylic oxidation sites excluding steroid dienone is 2. The minimum Gasteiger partial charge on any atom is -0.373 e. The number of nitrogens with one attached hydrogen (secondary N) is 3. The Hall–Kier alpha value is -2.68. The van der Waals surface area contributed by atoms with Crippen LogP contribution in [0.4, 0.5) is 11.5 Å². The number of hydrogen-bond acceptors (Lipinski definition) is 6. The quantitative estimate of drug-likeness (QED) is 0.483. The van der Waals surface area contributed by atoms with Gasteiger partial charge in [0.1, 0.15) is 5.82 Å². The molecule has 2 aromatic heterocycles. The Morgan fingerprint density at radius 2 is 1.75 bits per heavy atom. The predicted octanol–water partition coefficient (Wildman–Crippen LogP) is 5.54. The van der Waals surface area contributed by atoms with E-state index in [-0.39, 0.29) is 23.1 Å². The monoisotopic (exact) mass is 513 g/mol. The summed E-state index contributed by atoms with van der Waals surface area (Å²) in [6, 6.07) is 3.84. The molecule has 196 valence electrons. The molecule has 0 aromatic carbocycles. The van der Waals surface area contributed by atoms with E-state index in [1.807, 2.05) is 39.8 Å². The molecule has 1 aliphatic heterocycles. The standard InChI is InChI=1S/C27H39N5O3S/c1-25(2)12-10-17(11-13-25)22-20(31-24(33)23-29-16-21(28-7)32-23)9-8-19(30-22)18-14-26(3,4)36(34,35)27(5,6)15-18/h8-10,16,18,28H,11-15H2,1-7H3,(H,29,32)(H,31,33). The third-order valence-corrected chi connectivity index (χ3v) is 11.1. The van der Waals surface area contributed by atoms with Crippen LogP contribution in [0, 0.1) is 5.41 Å². The van der Waals surface area contributed by atoms with Crippen LogP contribution in [-0.4, -0.2) is 45.8 Å². The van der Waals surface area contributed by atoms with E-state index in [1.165, 1.54) is 0 Å². The summed E-state index contributed by atoms with van der Waals surface area (Å²) in [5.41, 5.74) is 3.62. The minimum absolute atomic E-state index is 0.00548. The predicted molar refractivity (Wildman–Crippen MR) is 145 cm³/mol. The van der Waals surface area contributed by atoms with E-state index in [2.05, 4.69) is 40.5 Å². The molecule has 1 fully saturated rings. The Labute approximate surface area is 214 Å². The molecule has 2 aromatic rings. The van der Waals surface area contributed by atoms with Gasteiger partial charge in [-0.05, 0) is 82.9 Å². The van der Waals surface area contributed by atoms with E-state index in [0.29, 0.717) is 24.3 Å². The number of H-pyrrole nitrogens is 1. The molecule has 1 amide bonds. The van der Waals surface area contributed by atoms with Crippen LogP contribution in [0.5, 0.6) is 0 Å². The maximum Gasteiger partial charge on any atom is 0.291 e. The molecule has 0 radical (unpaired) electrons. The van der Waals surface area contributed by atoms with Gasteiger partial charge in [0, 0.05) is 18.7 Å². The van der Waals surface area contributed by atoms with Gasteiger partial charge in [0.15, 0.2) is 15.7 Å². The Bertz CT molecular complexity index is 1280. The summed E-state index contributed by atoms with van der Waals surface area (Å²) in [7, 11) is -1.53. The molecule has 1 saturated heterocycles. The van der Waals surface area contributed by atoms with E-state index < -0.39 is 19.3 Å². The summed E-state index contributed by atoms with van der Waals surface area (Å²) < 4.78 is 24.6. The third kappa shape index (κ3) is 4.82. The van der Waals surface area contributed by atoms with Crippen LogP contribution in [0.3, 0.4) is 0 Å². The number of aromatic nitrogens is 3. The number of carbonyl (C=O) groups excluding carboxylic acids is 1. The average molecular weight is 514 g/mol. The van der Waals surface area contributed by atoms with Gasteiger partial charge in [-0.15, -0.1) is 0 Å². The van der Waals surface area contributed by atoms with Crippen molar-refractivity contribution in [3.63, 3.8) is 0 Å². The summed E-state index contributed by atoms with van der Waals surface area (Å²) in [4.78, 5) is 25.2. The summed E-state index contributed by atoms with van der Waals surface area (Å²) >= 11 is 0. The van der Waals surface area contributed by atoms with Crippen molar-refractivity contribution in [2.24, 2.45) is 5.41 Å². The first-order valence-electron chi connectivity index (χ1n) is 12.6. The van der Waals surface area contributed by atoms with Crippen molar-refractivity contribution < 1.29 is 13.2 Å².